The van der Waals surface area contributed by atoms with Crippen LogP contribution in [0.4, 0.5) is 11.4 Å². The van der Waals surface area contributed by atoms with Crippen LogP contribution in [0.25, 0.3) is 0 Å². The molecule has 0 aliphatic carbocycles. The van der Waals surface area contributed by atoms with E-state index in [1.165, 1.54) is 16.5 Å². The lowest BCUT2D eigenvalue weighted by atomic mass is 10.1. The van der Waals surface area contributed by atoms with E-state index in [-0.39, 0.29) is 30.4 Å². The van der Waals surface area contributed by atoms with Crippen LogP contribution in [0, 0.1) is 0 Å². The summed E-state index contributed by atoms with van der Waals surface area (Å²) in [7, 11) is 1.60. The number of ether oxygens (including phenoxy) is 2. The first-order valence-corrected chi connectivity index (χ1v) is 13.9. The molecule has 4 aromatic rings. The lowest BCUT2D eigenvalue weighted by molar-refractivity contribution is 0.0642. The van der Waals surface area contributed by atoms with Crippen LogP contribution in [-0.4, -0.2) is 35.8 Å². The minimum Gasteiger partial charge on any atom is -0.493 e. The second kappa shape index (κ2) is 11.0. The third-order valence-corrected chi connectivity index (χ3v) is 7.78. The van der Waals surface area contributed by atoms with Crippen molar-refractivity contribution in [2.24, 2.45) is 0 Å². The number of carbonyl (C=O) groups excluding carboxylic acids is 3. The molecule has 212 valence electrons. The maximum absolute atomic E-state index is 13.6. The van der Waals surface area contributed by atoms with Gasteiger partial charge >= 0.3 is 0 Å². The van der Waals surface area contributed by atoms with Crippen molar-refractivity contribution >= 4 is 29.1 Å². The molecule has 0 aromatic heterocycles. The summed E-state index contributed by atoms with van der Waals surface area (Å²) in [5.74, 6) is 0.257. The summed E-state index contributed by atoms with van der Waals surface area (Å²) in [6.07, 6.45) is 1.65. The molecule has 0 radical (unpaired) electrons. The Bertz CT molecular complexity index is 1700. The van der Waals surface area contributed by atoms with Gasteiger partial charge in [0, 0.05) is 23.0 Å². The fourth-order valence-corrected chi connectivity index (χ4v) is 5.51. The molecular weight excluding hydrogens is 530 g/mol. The van der Waals surface area contributed by atoms with Gasteiger partial charge in [-0.3, -0.25) is 19.3 Å². The van der Waals surface area contributed by atoms with Gasteiger partial charge < -0.3 is 20.1 Å². The Morgan fingerprint density at radius 1 is 0.786 bits per heavy atom. The van der Waals surface area contributed by atoms with Gasteiger partial charge in [0.05, 0.1) is 37.4 Å². The number of anilines is 2. The molecule has 0 bridgehead atoms. The van der Waals surface area contributed by atoms with Crippen LogP contribution in [0.2, 0.25) is 0 Å². The van der Waals surface area contributed by atoms with Gasteiger partial charge in [-0.25, -0.2) is 0 Å². The number of aryl methyl sites for hydroxylation is 1. The van der Waals surface area contributed by atoms with Crippen molar-refractivity contribution in [2.75, 3.05) is 17.7 Å². The van der Waals surface area contributed by atoms with Crippen LogP contribution in [-0.2, 0) is 19.5 Å². The van der Waals surface area contributed by atoms with E-state index in [4.69, 9.17) is 15.2 Å². The topological polar surface area (TPSA) is 102 Å². The number of benzene rings is 4. The summed E-state index contributed by atoms with van der Waals surface area (Å²) in [5.41, 5.74) is 10.9. The highest BCUT2D eigenvalue weighted by Gasteiger charge is 2.36. The van der Waals surface area contributed by atoms with Gasteiger partial charge in [-0.1, -0.05) is 42.5 Å². The molecule has 3 amide bonds. The third kappa shape index (κ3) is 5.07. The molecule has 42 heavy (non-hydrogen) atoms. The van der Waals surface area contributed by atoms with Gasteiger partial charge in [-0.2, -0.15) is 0 Å². The number of hydrogen-bond donors (Lipinski definition) is 1. The molecule has 8 nitrogen and oxygen atoms in total. The highest BCUT2D eigenvalue weighted by Crippen LogP contribution is 2.37. The molecule has 6 rings (SSSR count). The van der Waals surface area contributed by atoms with Gasteiger partial charge in [0.1, 0.15) is 0 Å². The number of nitrogens with zero attached hydrogens (tertiary/aromatic N) is 2. The summed E-state index contributed by atoms with van der Waals surface area (Å²) in [4.78, 5) is 42.3. The fourth-order valence-electron chi connectivity index (χ4n) is 5.51. The minimum absolute atomic E-state index is 0.0637. The Kier molecular flexibility index (Phi) is 7.12. The Labute approximate surface area is 244 Å². The highest BCUT2D eigenvalue weighted by atomic mass is 16.5. The van der Waals surface area contributed by atoms with E-state index in [0.29, 0.717) is 51.7 Å². The maximum Gasteiger partial charge on any atom is 0.261 e. The van der Waals surface area contributed by atoms with Crippen LogP contribution in [0.3, 0.4) is 0 Å². The fraction of sp³-hybridized carbons (Fsp3) is 0.206. The summed E-state index contributed by atoms with van der Waals surface area (Å²) >= 11 is 0. The van der Waals surface area contributed by atoms with Crippen LogP contribution in [0.5, 0.6) is 11.5 Å². The van der Waals surface area contributed by atoms with Gasteiger partial charge in [-0.05, 0) is 72.9 Å². The Morgan fingerprint density at radius 3 is 2.36 bits per heavy atom. The summed E-state index contributed by atoms with van der Waals surface area (Å²) in [6.45, 7) is 2.49. The van der Waals surface area contributed by atoms with Crippen molar-refractivity contribution in [1.82, 2.24) is 4.90 Å². The summed E-state index contributed by atoms with van der Waals surface area (Å²) in [6, 6.07) is 26.0. The van der Waals surface area contributed by atoms with Crippen molar-refractivity contribution in [3.8, 4) is 11.5 Å². The second-order valence-corrected chi connectivity index (χ2v) is 10.7. The maximum atomic E-state index is 13.6. The van der Waals surface area contributed by atoms with E-state index in [9.17, 15) is 14.4 Å². The zero-order valence-electron chi connectivity index (χ0n) is 23.5. The lowest BCUT2D eigenvalue weighted by Crippen LogP contribution is -2.29. The highest BCUT2D eigenvalue weighted by molar-refractivity contribution is 6.21. The van der Waals surface area contributed by atoms with E-state index >= 15 is 0 Å². The number of nitrogens with two attached hydrogens (primary N) is 1. The minimum atomic E-state index is -0.389. The van der Waals surface area contributed by atoms with Gasteiger partial charge in [0.15, 0.2) is 11.5 Å². The van der Waals surface area contributed by atoms with Crippen molar-refractivity contribution in [2.45, 2.75) is 39.0 Å². The van der Waals surface area contributed by atoms with Gasteiger partial charge in [0.25, 0.3) is 17.7 Å². The largest absolute Gasteiger partial charge is 0.493 e. The first-order chi connectivity index (χ1) is 20.3. The van der Waals surface area contributed by atoms with Crippen LogP contribution in [0.15, 0.2) is 84.9 Å². The van der Waals surface area contributed by atoms with Crippen molar-refractivity contribution < 1.29 is 23.9 Å². The molecule has 1 unspecified atom stereocenters. The molecule has 0 saturated heterocycles. The predicted molar refractivity (Wildman–Crippen MR) is 160 cm³/mol. The SMILES string of the molecule is COc1ccc(N2Cc3ccc(CN4C(=O)c5ccc(N)cc5C4=O)cc3C2=O)cc1OC(C)CCc1ccccc1. The number of fused-ring (bicyclic) bond motifs is 2. The quantitative estimate of drug-likeness (QED) is 0.210. The Morgan fingerprint density at radius 2 is 1.57 bits per heavy atom. The van der Waals surface area contributed by atoms with Gasteiger partial charge in [0.2, 0.25) is 0 Å². The van der Waals surface area contributed by atoms with Gasteiger partial charge in [-0.15, -0.1) is 0 Å². The number of hydrogen-bond acceptors (Lipinski definition) is 6. The molecule has 2 aliphatic rings. The van der Waals surface area contributed by atoms with Crippen LogP contribution < -0.4 is 20.1 Å². The first kappa shape index (κ1) is 27.1. The van der Waals surface area contributed by atoms with Crippen LogP contribution in [0.1, 0.15) is 61.1 Å². The van der Waals surface area contributed by atoms with E-state index in [1.54, 1.807) is 30.2 Å². The van der Waals surface area contributed by atoms with Crippen molar-refractivity contribution in [1.29, 1.82) is 0 Å². The molecule has 4 aromatic carbocycles. The number of rotatable bonds is 9. The average Bonchev–Trinajstić information content (AvgIpc) is 3.45. The van der Waals surface area contributed by atoms with E-state index in [1.807, 2.05) is 55.5 Å². The molecule has 0 fully saturated rings. The van der Waals surface area contributed by atoms with E-state index in [0.717, 1.165) is 18.4 Å². The molecule has 2 N–H and O–H groups in total. The average molecular weight is 562 g/mol. The number of amides is 3. The first-order valence-electron chi connectivity index (χ1n) is 13.9. The zero-order chi connectivity index (χ0) is 29.4. The van der Waals surface area contributed by atoms with Crippen molar-refractivity contribution in [3.05, 3.63) is 118 Å². The van der Waals surface area contributed by atoms with E-state index < -0.39 is 0 Å². The Balaban J connectivity index is 1.17. The summed E-state index contributed by atoms with van der Waals surface area (Å²) in [5, 5.41) is 0. The Hall–Kier alpha value is -5.11. The molecule has 2 aliphatic heterocycles. The monoisotopic (exact) mass is 561 g/mol. The second-order valence-electron chi connectivity index (χ2n) is 10.7. The molecule has 1 atom stereocenters. The third-order valence-electron chi connectivity index (χ3n) is 7.78. The molecule has 0 saturated carbocycles. The van der Waals surface area contributed by atoms with E-state index in [2.05, 4.69) is 12.1 Å². The molecule has 2 heterocycles. The number of nitrogen functional groups attached to an aromatic ring is 1. The number of carbonyl (C=O) groups is 3. The molecule has 8 heteroatoms. The standard InChI is InChI=1S/C34H31N3O5/c1-21(8-9-22-6-4-3-5-7-22)42-31-18-26(13-15-30(31)41-2)36-20-24-11-10-23(16-28(24)33(36)39)19-37-32(38)27-14-12-25(35)17-29(27)34(37)40/h3-7,10-18,21H,8-9,19-20,35H2,1-2H3. The molecular formula is C34H31N3O5. The summed E-state index contributed by atoms with van der Waals surface area (Å²) < 4.78 is 11.8. The molecule has 0 spiro atoms. The number of imide groups is 1. The lowest BCUT2D eigenvalue weighted by Gasteiger charge is -2.21. The zero-order valence-corrected chi connectivity index (χ0v) is 23.5. The predicted octanol–water partition coefficient (Wildman–Crippen LogP) is 5.63. The normalized spacial score (nSPS) is 14.7. The van der Waals surface area contributed by atoms with Crippen molar-refractivity contribution in [3.63, 3.8) is 0 Å². The smallest absolute Gasteiger partial charge is 0.261 e. The van der Waals surface area contributed by atoms with Crippen LogP contribution >= 0.6 is 0 Å². The number of methoxy groups -OCH3 is 1.